The van der Waals surface area contributed by atoms with Crippen LogP contribution in [0.3, 0.4) is 0 Å². The van der Waals surface area contributed by atoms with Crippen LogP contribution in [0.2, 0.25) is 0 Å². The number of methoxy groups -OCH3 is 1. The van der Waals surface area contributed by atoms with Crippen LogP contribution in [-0.4, -0.2) is 33.8 Å². The van der Waals surface area contributed by atoms with E-state index in [1.807, 2.05) is 0 Å². The molecule has 1 N–H and O–H groups in total. The molecule has 1 fully saturated rings. The number of hydrogen-bond donors (Lipinski definition) is 1. The molecule has 2 aromatic carbocycles. The normalized spacial score (nSPS) is 17.7. The lowest BCUT2D eigenvalue weighted by molar-refractivity contribution is -0.140. The first kappa shape index (κ1) is 20.3. The summed E-state index contributed by atoms with van der Waals surface area (Å²) in [6.45, 7) is 0.111. The summed E-state index contributed by atoms with van der Waals surface area (Å²) in [5.74, 6) is -1.70. The number of nitrogens with zero attached hydrogens (tertiary/aromatic N) is 2. The number of Topliss-reactive ketones (excluding diaryl/α,β-unsaturated/α-hetero) is 1. The lowest BCUT2D eigenvalue weighted by atomic mass is 9.95. The molecule has 1 aromatic heterocycles. The van der Waals surface area contributed by atoms with Gasteiger partial charge in [-0.1, -0.05) is 18.2 Å². The van der Waals surface area contributed by atoms with Crippen molar-refractivity contribution in [3.05, 3.63) is 101 Å². The van der Waals surface area contributed by atoms with E-state index in [9.17, 15) is 19.1 Å². The van der Waals surface area contributed by atoms with E-state index < -0.39 is 23.5 Å². The maximum absolute atomic E-state index is 13.5. The lowest BCUT2D eigenvalue weighted by Crippen LogP contribution is -2.29. The predicted molar refractivity (Wildman–Crippen MR) is 111 cm³/mol. The van der Waals surface area contributed by atoms with Crippen molar-refractivity contribution < 1.29 is 23.8 Å². The number of amides is 1. The number of benzene rings is 2. The van der Waals surface area contributed by atoms with Crippen molar-refractivity contribution in [1.29, 1.82) is 0 Å². The topological polar surface area (TPSA) is 79.7 Å². The molecular formula is C24H19FN2O4. The first-order valence-corrected chi connectivity index (χ1v) is 9.57. The molecule has 0 radical (unpaired) electrons. The third-order valence-corrected chi connectivity index (χ3v) is 5.16. The molecule has 31 heavy (non-hydrogen) atoms. The molecule has 6 nitrogen and oxygen atoms in total. The van der Waals surface area contributed by atoms with E-state index in [1.165, 1.54) is 36.3 Å². The number of carbonyl (C=O) groups excluding carboxylic acids is 2. The fourth-order valence-electron chi connectivity index (χ4n) is 3.63. The molecule has 1 amide bonds. The Morgan fingerprint density at radius 1 is 1.10 bits per heavy atom. The van der Waals surface area contributed by atoms with E-state index in [2.05, 4.69) is 4.98 Å². The molecular weight excluding hydrogens is 399 g/mol. The number of aliphatic hydroxyl groups is 1. The number of ether oxygens (including phenoxy) is 1. The Labute approximate surface area is 178 Å². The summed E-state index contributed by atoms with van der Waals surface area (Å²) >= 11 is 0. The van der Waals surface area contributed by atoms with E-state index in [-0.39, 0.29) is 17.9 Å². The van der Waals surface area contributed by atoms with Gasteiger partial charge in [0.15, 0.2) is 0 Å². The van der Waals surface area contributed by atoms with Crippen LogP contribution >= 0.6 is 0 Å². The standard InChI is InChI=1S/C24H19FN2O4/c1-31-19-10-6-17(7-11-19)22(28)20-21(16-4-8-18(25)9-5-16)27(24(30)23(20)29)14-15-3-2-12-26-13-15/h2-13,21,28H,14H2,1H3. The fraction of sp³-hybridized carbons (Fsp3) is 0.125. The van der Waals surface area contributed by atoms with Gasteiger partial charge in [-0.3, -0.25) is 14.6 Å². The SMILES string of the molecule is COc1ccc(C(O)=C2C(=O)C(=O)N(Cc3cccnc3)C2c2ccc(F)cc2)cc1. The number of carbonyl (C=O) groups is 2. The molecule has 1 saturated heterocycles. The van der Waals surface area contributed by atoms with Crippen LogP contribution in [0.5, 0.6) is 5.75 Å². The molecule has 1 unspecified atom stereocenters. The number of pyridine rings is 1. The smallest absolute Gasteiger partial charge is 0.295 e. The number of aromatic nitrogens is 1. The van der Waals surface area contributed by atoms with Crippen molar-refractivity contribution in [2.45, 2.75) is 12.6 Å². The first-order chi connectivity index (χ1) is 15.0. The van der Waals surface area contributed by atoms with Crippen LogP contribution in [-0.2, 0) is 16.1 Å². The van der Waals surface area contributed by atoms with Gasteiger partial charge in [-0.05, 0) is 53.6 Å². The fourth-order valence-corrected chi connectivity index (χ4v) is 3.63. The molecule has 4 rings (SSSR count). The summed E-state index contributed by atoms with van der Waals surface area (Å²) in [7, 11) is 1.52. The predicted octanol–water partition coefficient (Wildman–Crippen LogP) is 3.85. The quantitative estimate of drug-likeness (QED) is 0.387. The second-order valence-electron chi connectivity index (χ2n) is 7.07. The van der Waals surface area contributed by atoms with Crippen molar-refractivity contribution in [1.82, 2.24) is 9.88 Å². The summed E-state index contributed by atoms with van der Waals surface area (Å²) in [6.07, 6.45) is 3.21. The summed E-state index contributed by atoms with van der Waals surface area (Å²) in [5.41, 5.74) is 1.55. The summed E-state index contributed by atoms with van der Waals surface area (Å²) in [4.78, 5) is 31.3. The lowest BCUT2D eigenvalue weighted by Gasteiger charge is -2.25. The van der Waals surface area contributed by atoms with Crippen molar-refractivity contribution in [2.75, 3.05) is 7.11 Å². The molecule has 3 aromatic rings. The highest BCUT2D eigenvalue weighted by molar-refractivity contribution is 6.46. The zero-order valence-electron chi connectivity index (χ0n) is 16.7. The molecule has 1 atom stereocenters. The van der Waals surface area contributed by atoms with Crippen molar-refractivity contribution >= 4 is 17.4 Å². The zero-order chi connectivity index (χ0) is 22.0. The Morgan fingerprint density at radius 3 is 2.42 bits per heavy atom. The highest BCUT2D eigenvalue weighted by atomic mass is 19.1. The Morgan fingerprint density at radius 2 is 1.81 bits per heavy atom. The zero-order valence-corrected chi connectivity index (χ0v) is 16.7. The molecule has 0 bridgehead atoms. The van der Waals surface area contributed by atoms with Crippen LogP contribution in [0.1, 0.15) is 22.7 Å². The molecule has 1 aliphatic heterocycles. The average molecular weight is 418 g/mol. The summed E-state index contributed by atoms with van der Waals surface area (Å²) < 4.78 is 18.7. The van der Waals surface area contributed by atoms with Gasteiger partial charge in [0.25, 0.3) is 11.7 Å². The Hall–Kier alpha value is -4.00. The molecule has 0 saturated carbocycles. The van der Waals surface area contributed by atoms with Crippen LogP contribution in [0.25, 0.3) is 5.76 Å². The van der Waals surface area contributed by atoms with Crippen LogP contribution in [0.15, 0.2) is 78.6 Å². The van der Waals surface area contributed by atoms with Gasteiger partial charge in [0.2, 0.25) is 0 Å². The maximum atomic E-state index is 13.5. The largest absolute Gasteiger partial charge is 0.507 e. The van der Waals surface area contributed by atoms with Crippen LogP contribution < -0.4 is 4.74 Å². The summed E-state index contributed by atoms with van der Waals surface area (Å²) in [6, 6.07) is 14.7. The van der Waals surface area contributed by atoms with E-state index in [0.717, 1.165) is 5.56 Å². The maximum Gasteiger partial charge on any atom is 0.295 e. The first-order valence-electron chi connectivity index (χ1n) is 9.57. The highest BCUT2D eigenvalue weighted by Gasteiger charge is 2.46. The molecule has 156 valence electrons. The van der Waals surface area contributed by atoms with E-state index >= 15 is 0 Å². The van der Waals surface area contributed by atoms with Gasteiger partial charge >= 0.3 is 0 Å². The Bertz CT molecular complexity index is 1140. The number of likely N-dealkylation sites (tertiary alicyclic amines) is 1. The van der Waals surface area contributed by atoms with E-state index in [0.29, 0.717) is 16.9 Å². The molecule has 7 heteroatoms. The molecule has 0 spiro atoms. The van der Waals surface area contributed by atoms with Crippen LogP contribution in [0, 0.1) is 5.82 Å². The minimum Gasteiger partial charge on any atom is -0.507 e. The Balaban J connectivity index is 1.84. The second kappa shape index (κ2) is 8.39. The third kappa shape index (κ3) is 3.90. The van der Waals surface area contributed by atoms with Gasteiger partial charge in [-0.15, -0.1) is 0 Å². The molecule has 0 aliphatic carbocycles. The van der Waals surface area contributed by atoms with Crippen molar-refractivity contribution in [2.24, 2.45) is 0 Å². The molecule has 2 heterocycles. The summed E-state index contributed by atoms with van der Waals surface area (Å²) in [5, 5.41) is 11.0. The van der Waals surface area contributed by atoms with E-state index in [4.69, 9.17) is 4.74 Å². The van der Waals surface area contributed by atoms with Crippen molar-refractivity contribution in [3.8, 4) is 5.75 Å². The van der Waals surface area contributed by atoms with Crippen molar-refractivity contribution in [3.63, 3.8) is 0 Å². The minimum atomic E-state index is -0.872. The van der Waals surface area contributed by atoms with Gasteiger partial charge in [-0.2, -0.15) is 0 Å². The van der Waals surface area contributed by atoms with Gasteiger partial charge in [0.05, 0.1) is 18.7 Å². The number of hydrogen-bond acceptors (Lipinski definition) is 5. The third-order valence-electron chi connectivity index (χ3n) is 5.16. The monoisotopic (exact) mass is 418 g/mol. The highest BCUT2D eigenvalue weighted by Crippen LogP contribution is 2.40. The number of halogens is 1. The number of rotatable bonds is 5. The van der Waals surface area contributed by atoms with Gasteiger partial charge < -0.3 is 14.7 Å². The second-order valence-corrected chi connectivity index (χ2v) is 7.07. The van der Waals surface area contributed by atoms with Crippen LogP contribution in [0.4, 0.5) is 4.39 Å². The molecule has 1 aliphatic rings. The Kier molecular flexibility index (Phi) is 5.49. The average Bonchev–Trinajstić information content (AvgIpc) is 3.05. The van der Waals surface area contributed by atoms with Gasteiger partial charge in [0.1, 0.15) is 17.3 Å². The number of ketones is 1. The van der Waals surface area contributed by atoms with Gasteiger partial charge in [0, 0.05) is 24.5 Å². The van der Waals surface area contributed by atoms with E-state index in [1.54, 1.807) is 48.8 Å². The minimum absolute atomic E-state index is 0.0503. The number of aliphatic hydroxyl groups excluding tert-OH is 1. The van der Waals surface area contributed by atoms with Gasteiger partial charge in [-0.25, -0.2) is 4.39 Å².